The van der Waals surface area contributed by atoms with Crippen LogP contribution in [0.4, 0.5) is 5.69 Å². The first-order valence-electron chi connectivity index (χ1n) is 12.1. The highest BCUT2D eigenvalue weighted by Gasteiger charge is 2.48. The van der Waals surface area contributed by atoms with Gasteiger partial charge in [-0.25, -0.2) is 0 Å². The number of benzene rings is 3. The van der Waals surface area contributed by atoms with Crippen LogP contribution in [0.5, 0.6) is 11.5 Å². The quantitative estimate of drug-likeness (QED) is 0.199. The summed E-state index contributed by atoms with van der Waals surface area (Å²) in [6.45, 7) is 6.04. The molecule has 0 aliphatic carbocycles. The van der Waals surface area contributed by atoms with E-state index in [1.165, 1.54) is 4.90 Å². The smallest absolute Gasteiger partial charge is 0.300 e. The van der Waals surface area contributed by atoms with Crippen LogP contribution >= 0.6 is 0 Å². The summed E-state index contributed by atoms with van der Waals surface area (Å²) in [5.41, 5.74) is 4.11. The molecule has 2 heterocycles. The molecular weight excluding hydrogens is 468 g/mol. The molecule has 1 aliphatic heterocycles. The van der Waals surface area contributed by atoms with Crippen LogP contribution in [0.25, 0.3) is 16.7 Å². The van der Waals surface area contributed by atoms with Crippen LogP contribution in [-0.2, 0) is 9.59 Å². The SMILES string of the molecule is CCOc1cccc(N2C(=O)C(=O)/C(=C(/O)c3cc(C)c(OC)cc3C)C2c2c[nH]c3ccccc23)c1. The summed E-state index contributed by atoms with van der Waals surface area (Å²) >= 11 is 0. The summed E-state index contributed by atoms with van der Waals surface area (Å²) in [4.78, 5) is 31.9. The number of rotatable bonds is 6. The molecule has 1 amide bonds. The minimum absolute atomic E-state index is 0.0317. The molecule has 5 rings (SSSR count). The molecule has 1 atom stereocenters. The van der Waals surface area contributed by atoms with Crippen LogP contribution in [0.3, 0.4) is 0 Å². The molecule has 1 saturated heterocycles. The van der Waals surface area contributed by atoms with Gasteiger partial charge in [-0.3, -0.25) is 14.5 Å². The Morgan fingerprint density at radius 2 is 1.81 bits per heavy atom. The predicted molar refractivity (Wildman–Crippen MR) is 143 cm³/mol. The fourth-order valence-corrected chi connectivity index (χ4v) is 5.01. The molecule has 0 bridgehead atoms. The van der Waals surface area contributed by atoms with Gasteiger partial charge in [0.25, 0.3) is 11.7 Å². The maximum absolute atomic E-state index is 13.6. The molecule has 7 heteroatoms. The highest BCUT2D eigenvalue weighted by atomic mass is 16.5. The van der Waals surface area contributed by atoms with Crippen molar-refractivity contribution >= 4 is 34.0 Å². The fourth-order valence-electron chi connectivity index (χ4n) is 5.01. The summed E-state index contributed by atoms with van der Waals surface area (Å²) in [6, 6.07) is 17.5. The molecule has 2 N–H and O–H groups in total. The molecule has 188 valence electrons. The van der Waals surface area contributed by atoms with Gasteiger partial charge in [-0.2, -0.15) is 0 Å². The largest absolute Gasteiger partial charge is 0.507 e. The van der Waals surface area contributed by atoms with Crippen molar-refractivity contribution in [2.24, 2.45) is 0 Å². The van der Waals surface area contributed by atoms with E-state index in [9.17, 15) is 14.7 Å². The van der Waals surface area contributed by atoms with Crippen molar-refractivity contribution in [2.75, 3.05) is 18.6 Å². The number of methoxy groups -OCH3 is 1. The molecule has 3 aromatic carbocycles. The Morgan fingerprint density at radius 3 is 2.57 bits per heavy atom. The Bertz CT molecular complexity index is 1570. The lowest BCUT2D eigenvalue weighted by Crippen LogP contribution is -2.29. The summed E-state index contributed by atoms with van der Waals surface area (Å²) < 4.78 is 11.1. The number of ketones is 1. The number of aromatic nitrogens is 1. The lowest BCUT2D eigenvalue weighted by molar-refractivity contribution is -0.132. The molecular formula is C30H28N2O5. The number of hydrogen-bond acceptors (Lipinski definition) is 5. The lowest BCUT2D eigenvalue weighted by atomic mass is 9.92. The van der Waals surface area contributed by atoms with Crippen LogP contribution < -0.4 is 14.4 Å². The minimum atomic E-state index is -0.852. The maximum Gasteiger partial charge on any atom is 0.300 e. The molecule has 1 fully saturated rings. The van der Waals surface area contributed by atoms with Crippen LogP contribution in [0.15, 0.2) is 72.4 Å². The number of aryl methyl sites for hydroxylation is 2. The first kappa shape index (κ1) is 24.2. The Balaban J connectivity index is 1.77. The first-order valence-corrected chi connectivity index (χ1v) is 12.1. The van der Waals surface area contributed by atoms with Gasteiger partial charge in [0.15, 0.2) is 0 Å². The van der Waals surface area contributed by atoms with Gasteiger partial charge in [0.1, 0.15) is 17.3 Å². The number of fused-ring (bicyclic) bond motifs is 1. The molecule has 0 saturated carbocycles. The van der Waals surface area contributed by atoms with Gasteiger partial charge >= 0.3 is 0 Å². The molecule has 1 aromatic heterocycles. The van der Waals surface area contributed by atoms with Crippen molar-refractivity contribution in [3.8, 4) is 11.5 Å². The van der Waals surface area contributed by atoms with Gasteiger partial charge < -0.3 is 19.6 Å². The number of nitrogens with one attached hydrogen (secondary N) is 1. The fraction of sp³-hybridized carbons (Fsp3) is 0.200. The number of para-hydroxylation sites is 1. The van der Waals surface area contributed by atoms with E-state index in [2.05, 4.69) is 4.98 Å². The Hall–Kier alpha value is -4.52. The van der Waals surface area contributed by atoms with Crippen molar-refractivity contribution in [1.82, 2.24) is 4.98 Å². The van der Waals surface area contributed by atoms with Crippen LogP contribution in [0.2, 0.25) is 0 Å². The second-order valence-corrected chi connectivity index (χ2v) is 9.03. The number of H-pyrrole nitrogens is 1. The number of aromatic amines is 1. The number of anilines is 1. The molecule has 0 spiro atoms. The van der Waals surface area contributed by atoms with Crippen molar-refractivity contribution in [1.29, 1.82) is 0 Å². The van der Waals surface area contributed by atoms with Crippen molar-refractivity contribution in [3.63, 3.8) is 0 Å². The molecule has 37 heavy (non-hydrogen) atoms. The second-order valence-electron chi connectivity index (χ2n) is 9.03. The van der Waals surface area contributed by atoms with Crippen LogP contribution in [0, 0.1) is 13.8 Å². The third-order valence-electron chi connectivity index (χ3n) is 6.76. The van der Waals surface area contributed by atoms with E-state index in [4.69, 9.17) is 9.47 Å². The predicted octanol–water partition coefficient (Wildman–Crippen LogP) is 5.82. The zero-order valence-corrected chi connectivity index (χ0v) is 21.2. The van der Waals surface area contributed by atoms with Crippen molar-refractivity contribution in [3.05, 3.63) is 94.7 Å². The Labute approximate surface area is 214 Å². The van der Waals surface area contributed by atoms with Crippen LogP contribution in [-0.4, -0.2) is 35.5 Å². The second kappa shape index (κ2) is 9.50. The Kier molecular flexibility index (Phi) is 6.21. The summed E-state index contributed by atoms with van der Waals surface area (Å²) in [5.74, 6) is -0.423. The standard InChI is InChI=1S/C30H28N2O5/c1-5-37-20-10-8-9-19(15-20)32-27(23-16-31-24-12-7-6-11-21(23)24)26(29(34)30(32)35)28(33)22-13-18(3)25(36-4)14-17(22)2/h6-16,27,31,33H,5H2,1-4H3/b28-26+. The van der Waals surface area contributed by atoms with Gasteiger partial charge in [-0.15, -0.1) is 0 Å². The zero-order valence-electron chi connectivity index (χ0n) is 21.2. The lowest BCUT2D eigenvalue weighted by Gasteiger charge is -2.25. The van der Waals surface area contributed by atoms with Crippen molar-refractivity contribution in [2.45, 2.75) is 26.8 Å². The van der Waals surface area contributed by atoms with Gasteiger partial charge in [-0.05, 0) is 62.2 Å². The summed E-state index contributed by atoms with van der Waals surface area (Å²) in [7, 11) is 1.58. The minimum Gasteiger partial charge on any atom is -0.507 e. The van der Waals surface area contributed by atoms with E-state index >= 15 is 0 Å². The van der Waals surface area contributed by atoms with Gasteiger partial charge in [0.2, 0.25) is 0 Å². The molecule has 0 radical (unpaired) electrons. The third-order valence-corrected chi connectivity index (χ3v) is 6.76. The normalized spacial score (nSPS) is 17.0. The molecule has 1 unspecified atom stereocenters. The number of nitrogens with zero attached hydrogens (tertiary/aromatic N) is 1. The molecule has 1 aliphatic rings. The third kappa shape index (κ3) is 4.02. The number of aliphatic hydroxyl groups excluding tert-OH is 1. The van der Waals surface area contributed by atoms with Gasteiger partial charge in [0, 0.05) is 40.0 Å². The zero-order chi connectivity index (χ0) is 26.3. The highest BCUT2D eigenvalue weighted by molar-refractivity contribution is 6.52. The maximum atomic E-state index is 13.6. The van der Waals surface area contributed by atoms with E-state index in [1.807, 2.05) is 51.1 Å². The number of carbonyl (C=O) groups excluding carboxylic acids is 2. The van der Waals surface area contributed by atoms with Crippen molar-refractivity contribution < 1.29 is 24.2 Å². The monoisotopic (exact) mass is 496 g/mol. The number of hydrogen-bond donors (Lipinski definition) is 2. The van der Waals surface area contributed by atoms with E-state index < -0.39 is 17.7 Å². The van der Waals surface area contributed by atoms with E-state index in [0.717, 1.165) is 22.0 Å². The van der Waals surface area contributed by atoms with Crippen LogP contribution in [0.1, 0.15) is 35.2 Å². The highest BCUT2D eigenvalue weighted by Crippen LogP contribution is 2.45. The van der Waals surface area contributed by atoms with Gasteiger partial charge in [-0.1, -0.05) is 24.3 Å². The number of amides is 1. The average molecular weight is 497 g/mol. The van der Waals surface area contributed by atoms with E-state index in [-0.39, 0.29) is 11.3 Å². The Morgan fingerprint density at radius 1 is 1.03 bits per heavy atom. The molecule has 4 aromatic rings. The number of carbonyl (C=O) groups is 2. The first-order chi connectivity index (χ1) is 17.8. The summed E-state index contributed by atoms with van der Waals surface area (Å²) in [5, 5.41) is 12.5. The van der Waals surface area contributed by atoms with Gasteiger partial charge in [0.05, 0.1) is 25.3 Å². The number of Topliss-reactive ketones (excluding diaryl/α,β-unsaturated/α-hetero) is 1. The number of aliphatic hydroxyl groups is 1. The van der Waals surface area contributed by atoms with E-state index in [1.54, 1.807) is 43.6 Å². The topological polar surface area (TPSA) is 91.9 Å². The average Bonchev–Trinajstić information content (AvgIpc) is 3.43. The number of ether oxygens (including phenoxy) is 2. The van der Waals surface area contributed by atoms with E-state index in [0.29, 0.717) is 34.9 Å². The molecule has 7 nitrogen and oxygen atoms in total. The summed E-state index contributed by atoms with van der Waals surface area (Å²) in [6.07, 6.45) is 1.79.